The summed E-state index contributed by atoms with van der Waals surface area (Å²) in [6.07, 6.45) is 0. The van der Waals surface area contributed by atoms with Crippen LogP contribution in [0.2, 0.25) is 0 Å². The molecule has 1 aromatic carbocycles. The Bertz CT molecular complexity index is 625. The van der Waals surface area contributed by atoms with Gasteiger partial charge in [-0.25, -0.2) is 0 Å². The molecule has 2 nitrogen and oxygen atoms in total. The van der Waals surface area contributed by atoms with Crippen molar-refractivity contribution in [3.8, 4) is 0 Å². The molecule has 0 aliphatic carbocycles. The van der Waals surface area contributed by atoms with Gasteiger partial charge in [-0.15, -0.1) is 23.1 Å². The number of H-pyrrole nitrogens is 1. The molecular formula is C16H18N2S2. The van der Waals surface area contributed by atoms with Crippen LogP contribution in [0, 0.1) is 0 Å². The van der Waals surface area contributed by atoms with Crippen molar-refractivity contribution in [2.24, 2.45) is 0 Å². The summed E-state index contributed by atoms with van der Waals surface area (Å²) in [5.74, 6) is 1.07. The Labute approximate surface area is 127 Å². The van der Waals surface area contributed by atoms with E-state index in [-0.39, 0.29) is 0 Å². The zero-order chi connectivity index (χ0) is 13.8. The zero-order valence-electron chi connectivity index (χ0n) is 11.4. The lowest BCUT2D eigenvalue weighted by atomic mass is 10.3. The van der Waals surface area contributed by atoms with Crippen LogP contribution in [0.15, 0.2) is 52.9 Å². The molecule has 0 amide bonds. The smallest absolute Gasteiger partial charge is 0.0732 e. The average Bonchev–Trinajstić information content (AvgIpc) is 3.11. The van der Waals surface area contributed by atoms with Crippen LogP contribution in [0.4, 0.5) is 0 Å². The van der Waals surface area contributed by atoms with E-state index in [2.05, 4.69) is 65.1 Å². The normalized spacial score (nSPS) is 12.8. The van der Waals surface area contributed by atoms with Gasteiger partial charge >= 0.3 is 0 Å². The number of rotatable bonds is 6. The lowest BCUT2D eigenvalue weighted by molar-refractivity contribution is 0.610. The van der Waals surface area contributed by atoms with Crippen LogP contribution in [-0.2, 0) is 0 Å². The number of hydrogen-bond acceptors (Lipinski definition) is 3. The minimum absolute atomic E-state index is 0.443. The van der Waals surface area contributed by atoms with E-state index in [0.717, 1.165) is 12.3 Å². The molecule has 2 heterocycles. The van der Waals surface area contributed by atoms with Gasteiger partial charge in [0.15, 0.2) is 0 Å². The molecule has 2 N–H and O–H groups in total. The summed E-state index contributed by atoms with van der Waals surface area (Å²) in [7, 11) is 0. The van der Waals surface area contributed by atoms with Crippen molar-refractivity contribution >= 4 is 34.0 Å². The van der Waals surface area contributed by atoms with Gasteiger partial charge < -0.3 is 10.3 Å². The molecule has 20 heavy (non-hydrogen) atoms. The molecule has 0 bridgehead atoms. The number of aromatic amines is 1. The number of thioether (sulfide) groups is 1. The van der Waals surface area contributed by atoms with E-state index in [1.165, 1.54) is 20.8 Å². The van der Waals surface area contributed by atoms with Gasteiger partial charge in [-0.1, -0.05) is 24.3 Å². The average molecular weight is 302 g/mol. The fourth-order valence-electron chi connectivity index (χ4n) is 2.20. The molecule has 1 unspecified atom stereocenters. The molecular weight excluding hydrogens is 284 g/mol. The summed E-state index contributed by atoms with van der Waals surface area (Å²) in [5.41, 5.74) is 1.22. The van der Waals surface area contributed by atoms with Crippen LogP contribution in [0.1, 0.15) is 17.8 Å². The number of aromatic nitrogens is 1. The lowest BCUT2D eigenvalue weighted by Crippen LogP contribution is -2.20. The van der Waals surface area contributed by atoms with Crippen LogP contribution >= 0.6 is 23.1 Å². The Morgan fingerprint density at radius 3 is 2.95 bits per heavy atom. The van der Waals surface area contributed by atoms with Gasteiger partial charge in [0, 0.05) is 34.1 Å². The number of nitrogens with one attached hydrogen (secondary N) is 2. The van der Waals surface area contributed by atoms with Crippen LogP contribution in [-0.4, -0.2) is 17.3 Å². The van der Waals surface area contributed by atoms with E-state index in [4.69, 9.17) is 0 Å². The quantitative estimate of drug-likeness (QED) is 0.511. The third-order valence-electron chi connectivity index (χ3n) is 3.29. The molecule has 0 aliphatic heterocycles. The van der Waals surface area contributed by atoms with Crippen molar-refractivity contribution in [2.75, 3.05) is 12.3 Å². The number of benzene rings is 1. The van der Waals surface area contributed by atoms with Crippen LogP contribution < -0.4 is 5.32 Å². The first-order valence-corrected chi connectivity index (χ1v) is 8.67. The molecule has 104 valence electrons. The third kappa shape index (κ3) is 3.26. The fraction of sp³-hybridized carbons (Fsp3) is 0.250. The van der Waals surface area contributed by atoms with Gasteiger partial charge in [0.05, 0.1) is 5.03 Å². The first-order valence-electron chi connectivity index (χ1n) is 6.80. The standard InChI is InChI=1S/C16H18N2S2/c1-12(15-7-4-9-19-15)17-8-10-20-16-11-13-5-2-3-6-14(13)18-16/h2-7,9,11-12,17-18H,8,10H2,1H3. The summed E-state index contributed by atoms with van der Waals surface area (Å²) >= 11 is 3.68. The summed E-state index contributed by atoms with van der Waals surface area (Å²) in [5, 5.41) is 8.23. The van der Waals surface area contributed by atoms with Crippen molar-refractivity contribution < 1.29 is 0 Å². The molecule has 0 spiro atoms. The van der Waals surface area contributed by atoms with Gasteiger partial charge in [-0.2, -0.15) is 0 Å². The number of thiophene rings is 1. The minimum Gasteiger partial charge on any atom is -0.350 e. The van der Waals surface area contributed by atoms with E-state index in [1.54, 1.807) is 0 Å². The van der Waals surface area contributed by atoms with E-state index in [0.29, 0.717) is 6.04 Å². The maximum atomic E-state index is 3.56. The van der Waals surface area contributed by atoms with E-state index in [1.807, 2.05) is 23.1 Å². The highest BCUT2D eigenvalue weighted by atomic mass is 32.2. The van der Waals surface area contributed by atoms with Gasteiger partial charge in [0.2, 0.25) is 0 Å². The molecule has 0 saturated heterocycles. The Morgan fingerprint density at radius 1 is 1.25 bits per heavy atom. The van der Waals surface area contributed by atoms with Crippen LogP contribution in [0.5, 0.6) is 0 Å². The number of fused-ring (bicyclic) bond motifs is 1. The largest absolute Gasteiger partial charge is 0.350 e. The van der Waals surface area contributed by atoms with Crippen molar-refractivity contribution in [3.63, 3.8) is 0 Å². The highest BCUT2D eigenvalue weighted by Gasteiger charge is 2.05. The number of para-hydroxylation sites is 1. The topological polar surface area (TPSA) is 27.8 Å². The van der Waals surface area contributed by atoms with E-state index in [9.17, 15) is 0 Å². The van der Waals surface area contributed by atoms with Crippen molar-refractivity contribution in [1.82, 2.24) is 10.3 Å². The third-order valence-corrected chi connectivity index (χ3v) is 5.28. The molecule has 3 rings (SSSR count). The van der Waals surface area contributed by atoms with Crippen molar-refractivity contribution in [1.29, 1.82) is 0 Å². The summed E-state index contributed by atoms with van der Waals surface area (Å²) in [6.45, 7) is 3.23. The lowest BCUT2D eigenvalue weighted by Gasteiger charge is -2.11. The predicted molar refractivity (Wildman–Crippen MR) is 89.8 cm³/mol. The van der Waals surface area contributed by atoms with E-state index < -0.39 is 0 Å². The SMILES string of the molecule is CC(NCCSc1cc2ccccc2[nH]1)c1cccs1. The summed E-state index contributed by atoms with van der Waals surface area (Å²) < 4.78 is 0. The molecule has 0 fully saturated rings. The molecule has 4 heteroatoms. The Hall–Kier alpha value is -1.23. The van der Waals surface area contributed by atoms with E-state index >= 15 is 0 Å². The maximum Gasteiger partial charge on any atom is 0.0732 e. The molecule has 3 aromatic rings. The number of hydrogen-bond donors (Lipinski definition) is 2. The maximum absolute atomic E-state index is 3.56. The van der Waals surface area contributed by atoms with Gasteiger partial charge in [0.25, 0.3) is 0 Å². The summed E-state index contributed by atoms with van der Waals surface area (Å²) in [4.78, 5) is 4.85. The van der Waals surface area contributed by atoms with Crippen molar-refractivity contribution in [2.45, 2.75) is 18.0 Å². The molecule has 0 radical (unpaired) electrons. The molecule has 0 saturated carbocycles. The van der Waals surface area contributed by atoms with Crippen LogP contribution in [0.3, 0.4) is 0 Å². The van der Waals surface area contributed by atoms with Crippen LogP contribution in [0.25, 0.3) is 10.9 Å². The summed E-state index contributed by atoms with van der Waals surface area (Å²) in [6, 6.07) is 15.4. The highest BCUT2D eigenvalue weighted by molar-refractivity contribution is 7.99. The minimum atomic E-state index is 0.443. The van der Waals surface area contributed by atoms with Crippen molar-refractivity contribution in [3.05, 3.63) is 52.7 Å². The second-order valence-corrected chi connectivity index (χ2v) is 6.88. The highest BCUT2D eigenvalue weighted by Crippen LogP contribution is 2.23. The predicted octanol–water partition coefficient (Wildman–Crippen LogP) is 4.67. The molecule has 0 aliphatic rings. The zero-order valence-corrected chi connectivity index (χ0v) is 13.1. The molecule has 1 atom stereocenters. The Kier molecular flexibility index (Phi) is 4.45. The Morgan fingerprint density at radius 2 is 2.15 bits per heavy atom. The Balaban J connectivity index is 1.48. The second-order valence-electron chi connectivity index (χ2n) is 4.76. The monoisotopic (exact) mass is 302 g/mol. The second kappa shape index (κ2) is 6.48. The van der Waals surface area contributed by atoms with Gasteiger partial charge in [0.1, 0.15) is 0 Å². The first-order chi connectivity index (χ1) is 9.83. The van der Waals surface area contributed by atoms with Gasteiger partial charge in [-0.3, -0.25) is 0 Å². The molecule has 2 aromatic heterocycles. The fourth-order valence-corrected chi connectivity index (χ4v) is 3.79. The first kappa shape index (κ1) is 13.7. The van der Waals surface area contributed by atoms with Gasteiger partial charge in [-0.05, 0) is 30.5 Å².